The molecule has 0 aromatic heterocycles. The van der Waals surface area contributed by atoms with E-state index in [0.717, 1.165) is 35.0 Å². The summed E-state index contributed by atoms with van der Waals surface area (Å²) in [7, 11) is 1.66. The van der Waals surface area contributed by atoms with E-state index in [-0.39, 0.29) is 5.41 Å². The van der Waals surface area contributed by atoms with Crippen LogP contribution in [0.1, 0.15) is 45.1 Å². The molecule has 1 aromatic carbocycles. The number of hydrogen-bond donors (Lipinski definition) is 1. The van der Waals surface area contributed by atoms with E-state index in [2.05, 4.69) is 35.8 Å². The summed E-state index contributed by atoms with van der Waals surface area (Å²) in [6, 6.07) is 6.06. The Morgan fingerprint density at radius 2 is 1.95 bits per heavy atom. The van der Waals surface area contributed by atoms with Crippen LogP contribution in [0.4, 0.5) is 0 Å². The van der Waals surface area contributed by atoms with E-state index in [1.807, 2.05) is 12.1 Å². The van der Waals surface area contributed by atoms with Gasteiger partial charge in [0, 0.05) is 6.42 Å². The van der Waals surface area contributed by atoms with E-state index in [9.17, 15) is 5.11 Å². The Kier molecular flexibility index (Phi) is 4.26. The van der Waals surface area contributed by atoms with Gasteiger partial charge in [-0.25, -0.2) is 0 Å². The van der Waals surface area contributed by atoms with Gasteiger partial charge in [-0.1, -0.05) is 32.8 Å². The van der Waals surface area contributed by atoms with Gasteiger partial charge in [-0.3, -0.25) is 0 Å². The van der Waals surface area contributed by atoms with Crippen molar-refractivity contribution in [3.05, 3.63) is 28.2 Å². The second-order valence-corrected chi connectivity index (χ2v) is 7.12. The summed E-state index contributed by atoms with van der Waals surface area (Å²) in [5.74, 6) is 0.832. The molecule has 2 rings (SSSR count). The third-order valence-electron chi connectivity index (χ3n) is 4.61. The molecule has 1 saturated carbocycles. The van der Waals surface area contributed by atoms with Crippen molar-refractivity contribution in [2.24, 2.45) is 5.41 Å². The van der Waals surface area contributed by atoms with Crippen LogP contribution in [-0.4, -0.2) is 17.8 Å². The van der Waals surface area contributed by atoms with Crippen LogP contribution in [-0.2, 0) is 6.42 Å². The maximum atomic E-state index is 11.0. The van der Waals surface area contributed by atoms with Gasteiger partial charge >= 0.3 is 0 Å². The van der Waals surface area contributed by atoms with Crippen molar-refractivity contribution in [1.82, 2.24) is 0 Å². The Morgan fingerprint density at radius 3 is 2.53 bits per heavy atom. The zero-order valence-corrected chi connectivity index (χ0v) is 13.6. The number of hydrogen-bond acceptors (Lipinski definition) is 2. The highest BCUT2D eigenvalue weighted by molar-refractivity contribution is 9.10. The average Bonchev–Trinajstić information content (AvgIpc) is 2.33. The first-order valence-electron chi connectivity index (χ1n) is 6.93. The molecular weight excluding hydrogens is 304 g/mol. The first kappa shape index (κ1) is 14.9. The second-order valence-electron chi connectivity index (χ2n) is 6.27. The summed E-state index contributed by atoms with van der Waals surface area (Å²) in [4.78, 5) is 0. The Balaban J connectivity index is 2.22. The van der Waals surface area contributed by atoms with E-state index in [1.165, 1.54) is 6.42 Å². The highest BCUT2D eigenvalue weighted by Gasteiger charge is 2.44. The molecule has 0 saturated heterocycles. The zero-order chi connectivity index (χ0) is 14.1. The molecule has 1 N–H and O–H groups in total. The molecule has 106 valence electrons. The molecule has 1 fully saturated rings. The molecule has 2 nitrogen and oxygen atoms in total. The van der Waals surface area contributed by atoms with Gasteiger partial charge in [0.1, 0.15) is 5.75 Å². The van der Waals surface area contributed by atoms with Gasteiger partial charge < -0.3 is 9.84 Å². The van der Waals surface area contributed by atoms with Crippen molar-refractivity contribution in [3.63, 3.8) is 0 Å². The summed E-state index contributed by atoms with van der Waals surface area (Å²) in [5, 5.41) is 11.0. The van der Waals surface area contributed by atoms with E-state index < -0.39 is 5.60 Å². The molecule has 1 aliphatic carbocycles. The minimum absolute atomic E-state index is 0.0162. The average molecular weight is 327 g/mol. The smallest absolute Gasteiger partial charge is 0.133 e. The Hall–Kier alpha value is -0.540. The van der Waals surface area contributed by atoms with Crippen LogP contribution in [0.2, 0.25) is 0 Å². The Morgan fingerprint density at radius 1 is 1.26 bits per heavy atom. The number of rotatable bonds is 3. The van der Waals surface area contributed by atoms with E-state index in [1.54, 1.807) is 7.11 Å². The van der Waals surface area contributed by atoms with Crippen molar-refractivity contribution >= 4 is 15.9 Å². The SMILES string of the molecule is COc1ccc(CC2(O)CCCCC2(C)C)cc1Br. The maximum absolute atomic E-state index is 11.0. The van der Waals surface area contributed by atoms with Gasteiger partial charge in [-0.05, 0) is 51.9 Å². The lowest BCUT2D eigenvalue weighted by Gasteiger charge is -2.46. The van der Waals surface area contributed by atoms with Gasteiger partial charge in [0.15, 0.2) is 0 Å². The van der Waals surface area contributed by atoms with Crippen LogP contribution in [0, 0.1) is 5.41 Å². The monoisotopic (exact) mass is 326 g/mol. The van der Waals surface area contributed by atoms with Gasteiger partial charge in [-0.15, -0.1) is 0 Å². The topological polar surface area (TPSA) is 29.5 Å². The fraction of sp³-hybridized carbons (Fsp3) is 0.625. The van der Waals surface area contributed by atoms with Crippen LogP contribution >= 0.6 is 15.9 Å². The third-order valence-corrected chi connectivity index (χ3v) is 5.23. The Labute approximate surface area is 124 Å². The minimum atomic E-state index is -0.598. The van der Waals surface area contributed by atoms with E-state index in [0.29, 0.717) is 6.42 Å². The predicted octanol–water partition coefficient (Wildman–Crippen LogP) is 4.33. The maximum Gasteiger partial charge on any atom is 0.133 e. The van der Waals surface area contributed by atoms with Crippen LogP contribution in [0.5, 0.6) is 5.75 Å². The fourth-order valence-corrected chi connectivity index (χ4v) is 3.63. The van der Waals surface area contributed by atoms with Gasteiger partial charge in [-0.2, -0.15) is 0 Å². The normalized spacial score (nSPS) is 26.2. The lowest BCUT2D eigenvalue weighted by atomic mass is 9.63. The molecule has 0 spiro atoms. The molecule has 1 atom stereocenters. The number of benzene rings is 1. The summed E-state index contributed by atoms with van der Waals surface area (Å²) >= 11 is 3.51. The molecular formula is C16H23BrO2. The summed E-state index contributed by atoms with van der Waals surface area (Å²) in [5.41, 5.74) is 0.543. The van der Waals surface area contributed by atoms with Crippen molar-refractivity contribution in [2.45, 2.75) is 51.6 Å². The van der Waals surface area contributed by atoms with Crippen molar-refractivity contribution in [1.29, 1.82) is 0 Å². The van der Waals surface area contributed by atoms with Crippen molar-refractivity contribution < 1.29 is 9.84 Å². The largest absolute Gasteiger partial charge is 0.496 e. The first-order chi connectivity index (χ1) is 8.88. The van der Waals surface area contributed by atoms with Crippen LogP contribution in [0.3, 0.4) is 0 Å². The van der Waals surface area contributed by atoms with Gasteiger partial charge in [0.25, 0.3) is 0 Å². The fourth-order valence-electron chi connectivity index (χ4n) is 3.04. The molecule has 0 amide bonds. The minimum Gasteiger partial charge on any atom is -0.496 e. The summed E-state index contributed by atoms with van der Waals surface area (Å²) in [6.45, 7) is 4.37. The standard InChI is InChI=1S/C16H23BrO2/c1-15(2)8-4-5-9-16(15,18)11-12-6-7-14(19-3)13(17)10-12/h6-7,10,18H,4-5,8-9,11H2,1-3H3. The van der Waals surface area contributed by atoms with Crippen molar-refractivity contribution in [2.75, 3.05) is 7.11 Å². The Bertz CT molecular complexity index is 456. The second kappa shape index (κ2) is 5.45. The van der Waals surface area contributed by atoms with E-state index >= 15 is 0 Å². The summed E-state index contributed by atoms with van der Waals surface area (Å²) in [6.07, 6.45) is 5.05. The van der Waals surface area contributed by atoms with Crippen LogP contribution in [0.25, 0.3) is 0 Å². The third kappa shape index (κ3) is 2.97. The molecule has 1 aliphatic rings. The molecule has 1 aromatic rings. The van der Waals surface area contributed by atoms with E-state index in [4.69, 9.17) is 4.74 Å². The highest BCUT2D eigenvalue weighted by atomic mass is 79.9. The zero-order valence-electron chi connectivity index (χ0n) is 12.0. The molecule has 1 unspecified atom stereocenters. The molecule has 0 aliphatic heterocycles. The number of aliphatic hydroxyl groups is 1. The predicted molar refractivity (Wildman–Crippen MR) is 81.6 cm³/mol. The first-order valence-corrected chi connectivity index (χ1v) is 7.72. The number of halogens is 1. The lowest BCUT2D eigenvalue weighted by Crippen LogP contribution is -2.48. The molecule has 3 heteroatoms. The van der Waals surface area contributed by atoms with Crippen LogP contribution in [0.15, 0.2) is 22.7 Å². The number of methoxy groups -OCH3 is 1. The van der Waals surface area contributed by atoms with Crippen LogP contribution < -0.4 is 4.74 Å². The lowest BCUT2D eigenvalue weighted by molar-refractivity contribution is -0.0958. The summed E-state index contributed by atoms with van der Waals surface area (Å²) < 4.78 is 6.20. The molecule has 0 bridgehead atoms. The van der Waals surface area contributed by atoms with Crippen molar-refractivity contribution in [3.8, 4) is 5.75 Å². The highest BCUT2D eigenvalue weighted by Crippen LogP contribution is 2.45. The number of ether oxygens (including phenoxy) is 1. The quantitative estimate of drug-likeness (QED) is 0.895. The molecule has 0 radical (unpaired) electrons. The molecule has 0 heterocycles. The van der Waals surface area contributed by atoms with Gasteiger partial charge in [0.2, 0.25) is 0 Å². The molecule has 19 heavy (non-hydrogen) atoms. The van der Waals surface area contributed by atoms with Gasteiger partial charge in [0.05, 0.1) is 17.2 Å².